The summed E-state index contributed by atoms with van der Waals surface area (Å²) in [5.74, 6) is 1.17. The molecule has 1 aromatic heterocycles. The van der Waals surface area contributed by atoms with E-state index in [1.165, 1.54) is 18.7 Å². The van der Waals surface area contributed by atoms with E-state index in [1.54, 1.807) is 0 Å². The number of aromatic nitrogens is 2. The van der Waals surface area contributed by atoms with Crippen molar-refractivity contribution in [1.29, 1.82) is 0 Å². The maximum Gasteiger partial charge on any atom is 0.122 e. The molecule has 2 saturated heterocycles. The minimum absolute atomic E-state index is 0.0744. The lowest BCUT2D eigenvalue weighted by molar-refractivity contribution is 0.0291. The zero-order valence-corrected chi connectivity index (χ0v) is 10.4. The van der Waals surface area contributed by atoms with Crippen LogP contribution in [0.25, 0.3) is 0 Å². The number of fused-ring (bicyclic) bond motifs is 2. The number of nitrogens with zero attached hydrogens (tertiary/aromatic N) is 3. The molecule has 0 amide bonds. The molecular weight excluding hydrogens is 214 g/mol. The summed E-state index contributed by atoms with van der Waals surface area (Å²) in [5, 5.41) is 9.79. The Morgan fingerprint density at radius 1 is 1.35 bits per heavy atom. The van der Waals surface area contributed by atoms with E-state index >= 15 is 0 Å². The van der Waals surface area contributed by atoms with Gasteiger partial charge in [0.1, 0.15) is 5.82 Å². The van der Waals surface area contributed by atoms with Gasteiger partial charge in [-0.05, 0) is 32.6 Å². The molecule has 0 saturated carbocycles. The van der Waals surface area contributed by atoms with Gasteiger partial charge in [0.25, 0.3) is 0 Å². The van der Waals surface area contributed by atoms with Crippen molar-refractivity contribution in [3.05, 3.63) is 18.2 Å². The number of hydrogen-bond donors (Lipinski definition) is 1. The van der Waals surface area contributed by atoms with Crippen molar-refractivity contribution in [3.63, 3.8) is 0 Å². The number of piperidine rings is 1. The number of imidazole rings is 1. The second-order valence-corrected chi connectivity index (χ2v) is 5.31. The van der Waals surface area contributed by atoms with Crippen LogP contribution < -0.4 is 0 Å². The fourth-order valence-corrected chi connectivity index (χ4v) is 3.45. The first kappa shape index (κ1) is 11.2. The van der Waals surface area contributed by atoms with Crippen LogP contribution in [0.2, 0.25) is 0 Å². The molecule has 1 N–H and O–H groups in total. The first-order valence-electron chi connectivity index (χ1n) is 6.71. The Morgan fingerprint density at radius 2 is 2.06 bits per heavy atom. The second-order valence-electron chi connectivity index (χ2n) is 5.31. The maximum absolute atomic E-state index is 9.79. The molecule has 2 unspecified atom stereocenters. The normalized spacial score (nSPS) is 33.2. The monoisotopic (exact) mass is 235 g/mol. The van der Waals surface area contributed by atoms with Gasteiger partial charge in [-0.15, -0.1) is 0 Å². The van der Waals surface area contributed by atoms with Crippen molar-refractivity contribution in [1.82, 2.24) is 14.5 Å². The first-order chi connectivity index (χ1) is 8.28. The standard InChI is InChI=1S/C13H21N3O/c1-2-15-6-5-14-13(15)9-16-10-3-4-11(16)8-12(17)7-10/h5-6,10-12,17H,2-4,7-9H2,1H3. The lowest BCUT2D eigenvalue weighted by Gasteiger charge is -2.36. The fourth-order valence-electron chi connectivity index (χ4n) is 3.45. The van der Waals surface area contributed by atoms with Crippen LogP contribution in [0.15, 0.2) is 12.4 Å². The minimum atomic E-state index is -0.0744. The summed E-state index contributed by atoms with van der Waals surface area (Å²) in [4.78, 5) is 7.01. The molecule has 2 bridgehead atoms. The van der Waals surface area contributed by atoms with Crippen molar-refractivity contribution >= 4 is 0 Å². The molecule has 0 aromatic carbocycles. The molecule has 2 aliphatic heterocycles. The zero-order valence-electron chi connectivity index (χ0n) is 10.4. The van der Waals surface area contributed by atoms with Crippen LogP contribution in [-0.4, -0.2) is 37.7 Å². The molecule has 3 heterocycles. The Balaban J connectivity index is 1.74. The van der Waals surface area contributed by atoms with Crippen molar-refractivity contribution in [2.75, 3.05) is 0 Å². The molecule has 17 heavy (non-hydrogen) atoms. The predicted molar refractivity (Wildman–Crippen MR) is 65.5 cm³/mol. The Morgan fingerprint density at radius 3 is 2.71 bits per heavy atom. The van der Waals surface area contributed by atoms with Gasteiger partial charge in [0.05, 0.1) is 12.6 Å². The average molecular weight is 235 g/mol. The van der Waals surface area contributed by atoms with E-state index in [0.717, 1.165) is 25.9 Å². The van der Waals surface area contributed by atoms with E-state index in [4.69, 9.17) is 0 Å². The van der Waals surface area contributed by atoms with Crippen molar-refractivity contribution < 1.29 is 5.11 Å². The Hall–Kier alpha value is -0.870. The van der Waals surface area contributed by atoms with Gasteiger partial charge in [-0.1, -0.05) is 0 Å². The van der Waals surface area contributed by atoms with Gasteiger partial charge in [0.2, 0.25) is 0 Å². The molecule has 4 heteroatoms. The maximum atomic E-state index is 9.79. The van der Waals surface area contributed by atoms with E-state index in [0.29, 0.717) is 12.1 Å². The van der Waals surface area contributed by atoms with Gasteiger partial charge in [0, 0.05) is 31.0 Å². The second kappa shape index (κ2) is 4.42. The third-order valence-electron chi connectivity index (χ3n) is 4.33. The first-order valence-corrected chi connectivity index (χ1v) is 6.71. The van der Waals surface area contributed by atoms with Gasteiger partial charge < -0.3 is 9.67 Å². The molecule has 2 atom stereocenters. The molecule has 94 valence electrons. The van der Waals surface area contributed by atoms with E-state index < -0.39 is 0 Å². The molecular formula is C13H21N3O. The van der Waals surface area contributed by atoms with Crippen LogP contribution in [0, 0.1) is 0 Å². The minimum Gasteiger partial charge on any atom is -0.393 e. The summed E-state index contributed by atoms with van der Waals surface area (Å²) in [6, 6.07) is 1.15. The van der Waals surface area contributed by atoms with Gasteiger partial charge in [0.15, 0.2) is 0 Å². The molecule has 0 spiro atoms. The molecule has 2 fully saturated rings. The van der Waals surface area contributed by atoms with Crippen LogP contribution in [-0.2, 0) is 13.1 Å². The highest BCUT2D eigenvalue weighted by atomic mass is 16.3. The summed E-state index contributed by atoms with van der Waals surface area (Å²) in [6.07, 6.45) is 8.25. The highest BCUT2D eigenvalue weighted by Gasteiger charge is 2.40. The molecule has 1 aromatic rings. The van der Waals surface area contributed by atoms with Gasteiger partial charge in [-0.3, -0.25) is 4.90 Å². The number of hydrogen-bond acceptors (Lipinski definition) is 3. The largest absolute Gasteiger partial charge is 0.393 e. The summed E-state index contributed by atoms with van der Waals surface area (Å²) in [7, 11) is 0. The Labute approximate surface area is 102 Å². The van der Waals surface area contributed by atoms with Gasteiger partial charge >= 0.3 is 0 Å². The summed E-state index contributed by atoms with van der Waals surface area (Å²) < 4.78 is 2.21. The summed E-state index contributed by atoms with van der Waals surface area (Å²) >= 11 is 0. The van der Waals surface area contributed by atoms with E-state index in [2.05, 4.69) is 27.6 Å². The lowest BCUT2D eigenvalue weighted by atomic mass is 10.00. The van der Waals surface area contributed by atoms with Crippen molar-refractivity contribution in [3.8, 4) is 0 Å². The number of aliphatic hydroxyl groups is 1. The smallest absolute Gasteiger partial charge is 0.122 e. The highest BCUT2D eigenvalue weighted by Crippen LogP contribution is 2.36. The topological polar surface area (TPSA) is 41.3 Å². The van der Waals surface area contributed by atoms with Crippen LogP contribution in [0.3, 0.4) is 0 Å². The van der Waals surface area contributed by atoms with Crippen LogP contribution in [0.5, 0.6) is 0 Å². The summed E-state index contributed by atoms with van der Waals surface area (Å²) in [6.45, 7) is 4.09. The number of rotatable bonds is 3. The Bertz CT molecular complexity index is 376. The third kappa shape index (κ3) is 2.00. The average Bonchev–Trinajstić information content (AvgIpc) is 2.84. The molecule has 2 aliphatic rings. The fraction of sp³-hybridized carbons (Fsp3) is 0.769. The van der Waals surface area contributed by atoms with Crippen LogP contribution in [0.4, 0.5) is 0 Å². The molecule has 4 nitrogen and oxygen atoms in total. The molecule has 3 rings (SSSR count). The third-order valence-corrected chi connectivity index (χ3v) is 4.33. The van der Waals surface area contributed by atoms with Crippen LogP contribution in [0.1, 0.15) is 38.4 Å². The zero-order chi connectivity index (χ0) is 11.8. The van der Waals surface area contributed by atoms with Gasteiger partial charge in [-0.25, -0.2) is 4.98 Å². The van der Waals surface area contributed by atoms with Crippen molar-refractivity contribution in [2.45, 2.75) is 63.9 Å². The number of aliphatic hydroxyl groups excluding tert-OH is 1. The van der Waals surface area contributed by atoms with Crippen LogP contribution >= 0.6 is 0 Å². The van der Waals surface area contributed by atoms with Gasteiger partial charge in [-0.2, -0.15) is 0 Å². The van der Waals surface area contributed by atoms with E-state index in [-0.39, 0.29) is 6.10 Å². The van der Waals surface area contributed by atoms with Crippen molar-refractivity contribution in [2.24, 2.45) is 0 Å². The van der Waals surface area contributed by atoms with E-state index in [9.17, 15) is 5.11 Å². The lowest BCUT2D eigenvalue weighted by Crippen LogP contribution is -2.44. The Kier molecular flexibility index (Phi) is 2.92. The summed E-state index contributed by atoms with van der Waals surface area (Å²) in [5.41, 5.74) is 0. The SMILES string of the molecule is CCn1ccnc1CN1C2CCC1CC(O)C2. The van der Waals surface area contributed by atoms with E-state index in [1.807, 2.05) is 6.20 Å². The number of aryl methyl sites for hydroxylation is 1. The highest BCUT2D eigenvalue weighted by molar-refractivity contribution is 5.00. The molecule has 0 aliphatic carbocycles. The quantitative estimate of drug-likeness (QED) is 0.861. The molecule has 0 radical (unpaired) electrons. The predicted octanol–water partition coefficient (Wildman–Crippen LogP) is 1.39.